The smallest absolute Gasteiger partial charge is 0.336 e. The fourth-order valence-electron chi connectivity index (χ4n) is 1.52. The molecule has 0 spiro atoms. The Morgan fingerprint density at radius 1 is 1.20 bits per heavy atom. The molecule has 0 amide bonds. The van der Waals surface area contributed by atoms with Crippen LogP contribution in [-0.2, 0) is 4.79 Å². The van der Waals surface area contributed by atoms with Crippen LogP contribution >= 0.6 is 11.6 Å². The van der Waals surface area contributed by atoms with E-state index in [9.17, 15) is 4.79 Å². The Morgan fingerprint density at radius 3 is 2.60 bits per heavy atom. The average molecular weight is 284 g/mol. The highest BCUT2D eigenvalue weighted by Gasteiger charge is 2.00. The van der Waals surface area contributed by atoms with Gasteiger partial charge in [-0.3, -0.25) is 0 Å². The van der Waals surface area contributed by atoms with Crippen LogP contribution < -0.4 is 4.74 Å². The first-order chi connectivity index (χ1) is 9.67. The topological polar surface area (TPSA) is 50.1 Å². The first-order valence-electron chi connectivity index (χ1n) is 5.83. The van der Waals surface area contributed by atoms with Crippen LogP contribution in [0, 0.1) is 11.3 Å². The van der Waals surface area contributed by atoms with E-state index in [2.05, 4.69) is 0 Å². The van der Waals surface area contributed by atoms with Crippen molar-refractivity contribution in [2.24, 2.45) is 0 Å². The first-order valence-corrected chi connectivity index (χ1v) is 6.21. The molecule has 0 N–H and O–H groups in total. The molecule has 0 bridgehead atoms. The van der Waals surface area contributed by atoms with Crippen molar-refractivity contribution < 1.29 is 9.53 Å². The summed E-state index contributed by atoms with van der Waals surface area (Å²) in [6.45, 7) is 0. The van der Waals surface area contributed by atoms with E-state index in [1.165, 1.54) is 6.08 Å². The van der Waals surface area contributed by atoms with E-state index in [0.717, 1.165) is 5.56 Å². The Morgan fingerprint density at radius 2 is 1.95 bits per heavy atom. The van der Waals surface area contributed by atoms with Crippen molar-refractivity contribution in [2.75, 3.05) is 0 Å². The number of rotatable bonds is 3. The lowest BCUT2D eigenvalue weighted by Gasteiger charge is -2.00. The summed E-state index contributed by atoms with van der Waals surface area (Å²) in [6, 6.07) is 15.4. The van der Waals surface area contributed by atoms with Crippen molar-refractivity contribution in [3.8, 4) is 11.8 Å². The van der Waals surface area contributed by atoms with Gasteiger partial charge in [-0.2, -0.15) is 5.26 Å². The first kappa shape index (κ1) is 13.9. The number of hydrogen-bond acceptors (Lipinski definition) is 3. The largest absolute Gasteiger partial charge is 0.423 e. The summed E-state index contributed by atoms with van der Waals surface area (Å²) in [6.07, 6.45) is 2.95. The standard InChI is InChI=1S/C16H10ClNO2/c17-14-3-1-2-12(10-14)6-9-16(19)20-15-7-4-13(11-18)5-8-15/h1-10H/b9-6+. The van der Waals surface area contributed by atoms with Crippen molar-refractivity contribution in [2.45, 2.75) is 0 Å². The van der Waals surface area contributed by atoms with Crippen LogP contribution in [0.5, 0.6) is 5.75 Å². The second-order valence-electron chi connectivity index (χ2n) is 3.95. The number of hydrogen-bond donors (Lipinski definition) is 0. The summed E-state index contributed by atoms with van der Waals surface area (Å²) >= 11 is 5.84. The van der Waals surface area contributed by atoms with Gasteiger partial charge in [0.25, 0.3) is 0 Å². The quantitative estimate of drug-likeness (QED) is 0.489. The summed E-state index contributed by atoms with van der Waals surface area (Å²) in [5.74, 6) is -0.0978. The summed E-state index contributed by atoms with van der Waals surface area (Å²) in [4.78, 5) is 11.6. The van der Waals surface area contributed by atoms with E-state index >= 15 is 0 Å². The molecule has 0 saturated heterocycles. The lowest BCUT2D eigenvalue weighted by molar-refractivity contribution is -0.128. The lowest BCUT2D eigenvalue weighted by atomic mass is 10.2. The van der Waals surface area contributed by atoms with Gasteiger partial charge in [-0.25, -0.2) is 4.79 Å². The van der Waals surface area contributed by atoms with Crippen LogP contribution in [-0.4, -0.2) is 5.97 Å². The molecule has 3 nitrogen and oxygen atoms in total. The molecule has 0 aromatic heterocycles. The Hall–Kier alpha value is -2.57. The third kappa shape index (κ3) is 3.98. The van der Waals surface area contributed by atoms with Gasteiger partial charge < -0.3 is 4.74 Å². The number of carbonyl (C=O) groups excluding carboxylic acids is 1. The van der Waals surface area contributed by atoms with Gasteiger partial charge in [0.15, 0.2) is 0 Å². The van der Waals surface area contributed by atoms with Crippen molar-refractivity contribution in [1.82, 2.24) is 0 Å². The van der Waals surface area contributed by atoms with Crippen LogP contribution in [0.2, 0.25) is 5.02 Å². The third-order valence-electron chi connectivity index (χ3n) is 2.46. The molecular formula is C16H10ClNO2. The van der Waals surface area contributed by atoms with Gasteiger partial charge in [0.1, 0.15) is 5.75 Å². The number of ether oxygens (including phenoxy) is 1. The SMILES string of the molecule is N#Cc1ccc(OC(=O)/C=C/c2cccc(Cl)c2)cc1. The van der Waals surface area contributed by atoms with Gasteiger partial charge in [0, 0.05) is 11.1 Å². The van der Waals surface area contributed by atoms with Crippen molar-refractivity contribution in [3.63, 3.8) is 0 Å². The van der Waals surface area contributed by atoms with Crippen molar-refractivity contribution in [3.05, 3.63) is 70.8 Å². The monoisotopic (exact) mass is 283 g/mol. The van der Waals surface area contributed by atoms with Crippen LogP contribution in [0.3, 0.4) is 0 Å². The number of carbonyl (C=O) groups is 1. The zero-order valence-corrected chi connectivity index (χ0v) is 11.2. The molecule has 0 aliphatic carbocycles. The van der Waals surface area contributed by atoms with Gasteiger partial charge in [-0.1, -0.05) is 23.7 Å². The molecule has 0 radical (unpaired) electrons. The number of esters is 1. The molecule has 0 atom stereocenters. The molecule has 0 aliphatic rings. The van der Waals surface area contributed by atoms with Crippen molar-refractivity contribution in [1.29, 1.82) is 5.26 Å². The molecule has 2 aromatic rings. The number of nitriles is 1. The predicted molar refractivity (Wildman–Crippen MR) is 77.3 cm³/mol. The maximum absolute atomic E-state index is 11.6. The Balaban J connectivity index is 2.00. The maximum atomic E-state index is 11.6. The normalized spacial score (nSPS) is 10.2. The van der Waals surface area contributed by atoms with E-state index in [0.29, 0.717) is 16.3 Å². The molecule has 0 fully saturated rings. The molecule has 2 aromatic carbocycles. The average Bonchev–Trinajstić information content (AvgIpc) is 2.46. The molecule has 20 heavy (non-hydrogen) atoms. The summed E-state index contributed by atoms with van der Waals surface area (Å²) in [5.41, 5.74) is 1.33. The summed E-state index contributed by atoms with van der Waals surface area (Å²) < 4.78 is 5.10. The van der Waals surface area contributed by atoms with Gasteiger partial charge in [-0.05, 0) is 48.0 Å². The van der Waals surface area contributed by atoms with Crippen LogP contribution in [0.25, 0.3) is 6.08 Å². The fraction of sp³-hybridized carbons (Fsp3) is 0. The van der Waals surface area contributed by atoms with Crippen LogP contribution in [0.15, 0.2) is 54.6 Å². The number of nitrogens with zero attached hydrogens (tertiary/aromatic N) is 1. The molecule has 0 aliphatic heterocycles. The van der Waals surface area contributed by atoms with Gasteiger partial charge in [0.05, 0.1) is 11.6 Å². The lowest BCUT2D eigenvalue weighted by Crippen LogP contribution is -2.03. The molecule has 98 valence electrons. The van der Waals surface area contributed by atoms with E-state index in [1.54, 1.807) is 48.5 Å². The second-order valence-corrected chi connectivity index (χ2v) is 4.38. The summed E-state index contributed by atoms with van der Waals surface area (Å²) in [7, 11) is 0. The maximum Gasteiger partial charge on any atom is 0.336 e. The van der Waals surface area contributed by atoms with E-state index in [1.807, 2.05) is 12.1 Å². The molecule has 2 rings (SSSR count). The highest BCUT2D eigenvalue weighted by Crippen LogP contribution is 2.14. The van der Waals surface area contributed by atoms with Gasteiger partial charge >= 0.3 is 5.97 Å². The molecule has 0 saturated carbocycles. The minimum atomic E-state index is -0.491. The zero-order chi connectivity index (χ0) is 14.4. The third-order valence-corrected chi connectivity index (χ3v) is 2.70. The van der Waals surface area contributed by atoms with E-state index < -0.39 is 5.97 Å². The van der Waals surface area contributed by atoms with E-state index in [-0.39, 0.29) is 0 Å². The molecule has 4 heteroatoms. The Bertz CT molecular complexity index is 684. The highest BCUT2D eigenvalue weighted by atomic mass is 35.5. The Labute approximate surface area is 121 Å². The highest BCUT2D eigenvalue weighted by molar-refractivity contribution is 6.30. The van der Waals surface area contributed by atoms with E-state index in [4.69, 9.17) is 21.6 Å². The second kappa shape index (κ2) is 6.55. The Kier molecular flexibility index (Phi) is 4.54. The minimum absolute atomic E-state index is 0.393. The molecule has 0 unspecified atom stereocenters. The summed E-state index contributed by atoms with van der Waals surface area (Å²) in [5, 5.41) is 9.27. The number of benzene rings is 2. The van der Waals surface area contributed by atoms with Gasteiger partial charge in [-0.15, -0.1) is 0 Å². The van der Waals surface area contributed by atoms with Crippen molar-refractivity contribution >= 4 is 23.6 Å². The number of halogens is 1. The van der Waals surface area contributed by atoms with Crippen LogP contribution in [0.4, 0.5) is 0 Å². The van der Waals surface area contributed by atoms with Crippen LogP contribution in [0.1, 0.15) is 11.1 Å². The molecule has 0 heterocycles. The minimum Gasteiger partial charge on any atom is -0.423 e. The molecular weight excluding hydrogens is 274 g/mol. The zero-order valence-electron chi connectivity index (χ0n) is 10.4. The van der Waals surface area contributed by atoms with Gasteiger partial charge in [0.2, 0.25) is 0 Å². The fourth-order valence-corrected chi connectivity index (χ4v) is 1.72. The predicted octanol–water partition coefficient (Wildman–Crippen LogP) is 3.83.